The maximum Gasteiger partial charge on any atom is 0.216 e. The molecule has 10 radical (unpaired) electrons. The van der Waals surface area contributed by atoms with Gasteiger partial charge in [-0.1, -0.05) is 51.5 Å². The number of fused-ring (bicyclic) bond motifs is 1. The van der Waals surface area contributed by atoms with Crippen LogP contribution in [0.4, 0.5) is 5.95 Å². The summed E-state index contributed by atoms with van der Waals surface area (Å²) in [5.41, 5.74) is 3.21. The van der Waals surface area contributed by atoms with Gasteiger partial charge in [0.05, 0.1) is 0 Å². The molecule has 0 spiro atoms. The topological polar surface area (TPSA) is 100 Å². The largest absolute Gasteiger partial charge is 0.425 e. The van der Waals surface area contributed by atoms with Gasteiger partial charge in [0.25, 0.3) is 0 Å². The van der Waals surface area contributed by atoms with Gasteiger partial charge in [-0.05, 0) is 25.6 Å². The van der Waals surface area contributed by atoms with E-state index in [0.29, 0.717) is 24.0 Å². The molecule has 0 aromatic carbocycles. The summed E-state index contributed by atoms with van der Waals surface area (Å²) in [7, 11) is 0. The average Bonchev–Trinajstić information content (AvgIpc) is 3.36. The van der Waals surface area contributed by atoms with Crippen molar-refractivity contribution in [2.75, 3.05) is 11.5 Å². The molecule has 1 aliphatic heterocycles. The fourth-order valence-electron chi connectivity index (χ4n) is 3.58. The van der Waals surface area contributed by atoms with Gasteiger partial charge in [-0.2, -0.15) is 0 Å². The third kappa shape index (κ3) is 14.5. The molecule has 0 saturated carbocycles. The molecule has 1 amide bonds. The SMILES string of the molecule is CCc1c(C)n[c-]c2nc(-n3n[c-]nc3N(C(=O)C(C)C)C3CCCCO3)[n-]c12.[V].[V].[V].[V].[V].[V].[V].[Y].[Y].[Y]. The van der Waals surface area contributed by atoms with E-state index in [1.54, 1.807) is 4.90 Å². The van der Waals surface area contributed by atoms with Crippen molar-refractivity contribution in [3.8, 4) is 5.95 Å². The Balaban J connectivity index is -0.000000205. The number of carbonyl (C=O) groups excluding carboxylic acids is 1. The van der Waals surface area contributed by atoms with Crippen molar-refractivity contribution in [1.29, 1.82) is 0 Å². The molecule has 1 fully saturated rings. The number of rotatable bonds is 5. The molecule has 1 unspecified atom stereocenters. The number of aryl methyl sites for hydroxylation is 2. The summed E-state index contributed by atoms with van der Waals surface area (Å²) in [6.07, 6.45) is 8.64. The number of hydrogen-bond acceptors (Lipinski definition) is 6. The summed E-state index contributed by atoms with van der Waals surface area (Å²) in [6.45, 7) is 8.30. The summed E-state index contributed by atoms with van der Waals surface area (Å²) in [6, 6.07) is 0. The molecule has 3 aromatic heterocycles. The van der Waals surface area contributed by atoms with Gasteiger partial charge in [0, 0.05) is 252 Å². The number of hydrogen-bond donors (Lipinski definition) is 0. The first-order valence-electron chi connectivity index (χ1n) is 10.0. The first-order chi connectivity index (χ1) is 14.0. The molecule has 3 aromatic rings. The molecule has 0 bridgehead atoms. The number of imidazole rings is 1. The molecule has 4 heterocycles. The summed E-state index contributed by atoms with van der Waals surface area (Å²) in [5, 5.41) is 4.19. The first-order valence-corrected chi connectivity index (χ1v) is 10.0. The van der Waals surface area contributed by atoms with Gasteiger partial charge in [0.2, 0.25) is 5.91 Å². The normalized spacial score (nSPS) is 12.8. The van der Waals surface area contributed by atoms with Crippen LogP contribution in [-0.4, -0.2) is 43.5 Å². The molecule has 1 saturated heterocycles. The van der Waals surface area contributed by atoms with Crippen LogP contribution in [0.1, 0.15) is 51.3 Å². The molecular formula is C20H24N7O2V7Y3-3. The van der Waals surface area contributed by atoms with E-state index in [1.807, 2.05) is 20.8 Å². The maximum atomic E-state index is 13.0. The Labute approximate surface area is 389 Å². The van der Waals surface area contributed by atoms with Crippen LogP contribution in [0.5, 0.6) is 0 Å². The predicted molar refractivity (Wildman–Crippen MR) is 105 cm³/mol. The Morgan fingerprint density at radius 3 is 2.21 bits per heavy atom. The first kappa shape index (κ1) is 59.1. The second-order valence-electron chi connectivity index (χ2n) is 7.47. The van der Waals surface area contributed by atoms with Crippen LogP contribution in [0.2, 0.25) is 0 Å². The molecule has 9 nitrogen and oxygen atoms in total. The van der Waals surface area contributed by atoms with Crippen molar-refractivity contribution in [2.24, 2.45) is 5.92 Å². The minimum atomic E-state index is -0.388. The Kier molecular flexibility index (Phi) is 43.6. The molecule has 1 atom stereocenters. The number of nitrogens with zero attached hydrogens (tertiary/aromatic N) is 7. The van der Waals surface area contributed by atoms with Crippen LogP contribution in [0.25, 0.3) is 17.0 Å². The summed E-state index contributed by atoms with van der Waals surface area (Å²) in [5.74, 6) is 0.319. The molecule has 39 heavy (non-hydrogen) atoms. The molecule has 198 valence electrons. The van der Waals surface area contributed by atoms with Crippen molar-refractivity contribution >= 4 is 22.9 Å². The van der Waals surface area contributed by atoms with E-state index in [1.165, 1.54) is 4.68 Å². The van der Waals surface area contributed by atoms with E-state index in [2.05, 4.69) is 44.5 Å². The molecule has 0 N–H and O–H groups in total. The fourth-order valence-corrected chi connectivity index (χ4v) is 3.58. The second kappa shape index (κ2) is 28.8. The second-order valence-corrected chi connectivity index (χ2v) is 7.47. The minimum absolute atomic E-state index is 0. The van der Waals surface area contributed by atoms with E-state index in [0.717, 1.165) is 42.5 Å². The van der Waals surface area contributed by atoms with E-state index >= 15 is 0 Å². The van der Waals surface area contributed by atoms with Crippen LogP contribution in [0, 0.1) is 25.4 Å². The third-order valence-electron chi connectivity index (χ3n) is 5.12. The number of pyridine rings is 1. The van der Waals surface area contributed by atoms with Gasteiger partial charge in [-0.25, -0.2) is 0 Å². The van der Waals surface area contributed by atoms with Crippen molar-refractivity contribution < 1.29 is 238 Å². The zero-order valence-corrected chi connectivity index (χ0v) is 40.3. The van der Waals surface area contributed by atoms with Crippen LogP contribution in [0.3, 0.4) is 0 Å². The molecule has 1 aliphatic rings. The third-order valence-corrected chi connectivity index (χ3v) is 5.12. The zero-order chi connectivity index (χ0) is 20.5. The Bertz CT molecular complexity index is 1060. The monoisotopic (exact) mass is 1020 g/mol. The van der Waals surface area contributed by atoms with Crippen molar-refractivity contribution in [3.05, 3.63) is 23.8 Å². The average molecular weight is 1020 g/mol. The smallest absolute Gasteiger partial charge is 0.216 e. The molecular weight excluding hydrogens is 994 g/mol. The van der Waals surface area contributed by atoms with Crippen molar-refractivity contribution in [3.63, 3.8) is 0 Å². The van der Waals surface area contributed by atoms with Crippen molar-refractivity contribution in [1.82, 2.24) is 29.7 Å². The maximum absolute atomic E-state index is 13.0. The van der Waals surface area contributed by atoms with Gasteiger partial charge in [0.1, 0.15) is 6.23 Å². The summed E-state index contributed by atoms with van der Waals surface area (Å²) >= 11 is 0. The van der Waals surface area contributed by atoms with Gasteiger partial charge in [0.15, 0.2) is 0 Å². The van der Waals surface area contributed by atoms with E-state index in [4.69, 9.17) is 4.74 Å². The Morgan fingerprint density at radius 1 is 1.08 bits per heavy atom. The van der Waals surface area contributed by atoms with Crippen molar-refractivity contribution in [2.45, 2.75) is 59.6 Å². The number of ether oxygens (including phenoxy) is 1. The number of carbonyl (C=O) groups is 1. The predicted octanol–water partition coefficient (Wildman–Crippen LogP) is 2.13. The number of aromatic nitrogens is 6. The molecule has 4 rings (SSSR count). The van der Waals surface area contributed by atoms with Crippen LogP contribution in [-0.2, 0) is 244 Å². The van der Waals surface area contributed by atoms with E-state index < -0.39 is 0 Å². The number of anilines is 1. The van der Waals surface area contributed by atoms with Gasteiger partial charge in [-0.15, -0.1) is 11.1 Å². The van der Waals surface area contributed by atoms with Gasteiger partial charge < -0.3 is 39.4 Å². The molecule has 19 heteroatoms. The van der Waals surface area contributed by atoms with Crippen LogP contribution < -0.4 is 9.88 Å². The number of amides is 1. The Hall–Kier alpha value is 4.59. The Morgan fingerprint density at radius 2 is 1.69 bits per heavy atom. The van der Waals surface area contributed by atoms with Crippen LogP contribution in [0.15, 0.2) is 0 Å². The standard InChI is InChI=1S/C20H24N7O2.7V.3Y/c1-5-14-13(4)21-10-15-17(14)25-19(24-15)27-20(22-11-23-27)26(18(28)12(2)3)16-8-6-7-9-29-16;;;;;;;;;;/h12,16H,5-9H2,1-4H3;;;;;;;;;;/q-3;;;;;;;;;;. The van der Waals surface area contributed by atoms with E-state index in [9.17, 15) is 4.79 Å². The quantitative estimate of drug-likeness (QED) is 0.362. The summed E-state index contributed by atoms with van der Waals surface area (Å²) < 4.78 is 7.34. The van der Waals surface area contributed by atoms with Gasteiger partial charge >= 0.3 is 0 Å². The summed E-state index contributed by atoms with van der Waals surface area (Å²) in [4.78, 5) is 32.3. The molecule has 0 aliphatic carbocycles. The van der Waals surface area contributed by atoms with E-state index in [-0.39, 0.29) is 246 Å². The van der Waals surface area contributed by atoms with Crippen LogP contribution >= 0.6 is 0 Å². The van der Waals surface area contributed by atoms with Gasteiger partial charge in [-0.3, -0.25) is 4.79 Å². The fraction of sp³-hybridized carbons (Fsp3) is 0.550. The minimum Gasteiger partial charge on any atom is -0.425 e. The zero-order valence-electron chi connectivity index (χ0n) is 22.0.